The molecule has 0 bridgehead atoms. The summed E-state index contributed by atoms with van der Waals surface area (Å²) < 4.78 is 18.8. The standard InChI is InChI=1S/C20H24FN3O3/c1-14-6-5-8-16(19(25)23-11-10-22-12-13-27-2)18(14)24-20(26)15-7-3-4-9-17(15)21/h3-9,22H,10-13H2,1-2H3,(H,23,25)(H,24,26). The Kier molecular flexibility index (Phi) is 7.91. The lowest BCUT2D eigenvalue weighted by molar-refractivity contribution is 0.0954. The molecule has 2 aromatic rings. The van der Waals surface area contributed by atoms with E-state index in [1.54, 1.807) is 38.3 Å². The Labute approximate surface area is 158 Å². The number of hydrogen-bond donors (Lipinski definition) is 3. The van der Waals surface area contributed by atoms with Crippen LogP contribution in [0.2, 0.25) is 0 Å². The molecule has 27 heavy (non-hydrogen) atoms. The van der Waals surface area contributed by atoms with E-state index in [1.807, 2.05) is 0 Å². The number of amides is 2. The van der Waals surface area contributed by atoms with Crippen molar-refractivity contribution < 1.29 is 18.7 Å². The highest BCUT2D eigenvalue weighted by Gasteiger charge is 2.17. The molecule has 0 heterocycles. The number of halogens is 1. The lowest BCUT2D eigenvalue weighted by Crippen LogP contribution is -2.33. The molecule has 0 atom stereocenters. The Morgan fingerprint density at radius 1 is 0.963 bits per heavy atom. The number of carbonyl (C=O) groups is 2. The summed E-state index contributed by atoms with van der Waals surface area (Å²) in [4.78, 5) is 24.9. The highest BCUT2D eigenvalue weighted by atomic mass is 19.1. The monoisotopic (exact) mass is 373 g/mol. The van der Waals surface area contributed by atoms with Gasteiger partial charge < -0.3 is 20.7 Å². The van der Waals surface area contributed by atoms with Crippen LogP contribution in [0.3, 0.4) is 0 Å². The van der Waals surface area contributed by atoms with E-state index >= 15 is 0 Å². The van der Waals surface area contributed by atoms with Crippen LogP contribution in [0.5, 0.6) is 0 Å². The molecule has 2 amide bonds. The summed E-state index contributed by atoms with van der Waals surface area (Å²) in [5, 5.41) is 8.59. The van der Waals surface area contributed by atoms with E-state index in [2.05, 4.69) is 16.0 Å². The number of para-hydroxylation sites is 1. The van der Waals surface area contributed by atoms with E-state index in [4.69, 9.17) is 4.74 Å². The molecule has 0 aliphatic rings. The van der Waals surface area contributed by atoms with Gasteiger partial charge in [0.05, 0.1) is 23.4 Å². The van der Waals surface area contributed by atoms with Crippen molar-refractivity contribution in [2.45, 2.75) is 6.92 Å². The van der Waals surface area contributed by atoms with Crippen LogP contribution in [0, 0.1) is 12.7 Å². The minimum absolute atomic E-state index is 0.0746. The van der Waals surface area contributed by atoms with Gasteiger partial charge in [0.25, 0.3) is 11.8 Å². The molecule has 0 aliphatic carbocycles. The average Bonchev–Trinajstić information content (AvgIpc) is 2.66. The largest absolute Gasteiger partial charge is 0.383 e. The molecule has 7 heteroatoms. The van der Waals surface area contributed by atoms with Gasteiger partial charge in [-0.1, -0.05) is 24.3 Å². The third-order valence-electron chi connectivity index (χ3n) is 3.94. The summed E-state index contributed by atoms with van der Waals surface area (Å²) in [5.74, 6) is -1.52. The van der Waals surface area contributed by atoms with E-state index in [-0.39, 0.29) is 11.5 Å². The van der Waals surface area contributed by atoms with Crippen LogP contribution in [0.4, 0.5) is 10.1 Å². The predicted molar refractivity (Wildman–Crippen MR) is 103 cm³/mol. The smallest absolute Gasteiger partial charge is 0.258 e. The SMILES string of the molecule is COCCNCCNC(=O)c1cccc(C)c1NC(=O)c1ccccc1F. The maximum Gasteiger partial charge on any atom is 0.258 e. The first-order valence-electron chi connectivity index (χ1n) is 8.68. The second-order valence-corrected chi connectivity index (χ2v) is 5.93. The molecule has 0 saturated carbocycles. The van der Waals surface area contributed by atoms with E-state index in [0.29, 0.717) is 43.1 Å². The Morgan fingerprint density at radius 2 is 1.70 bits per heavy atom. The molecular formula is C20H24FN3O3. The van der Waals surface area contributed by atoms with E-state index in [1.165, 1.54) is 18.2 Å². The first-order chi connectivity index (χ1) is 13.0. The van der Waals surface area contributed by atoms with Gasteiger partial charge in [0, 0.05) is 26.7 Å². The third kappa shape index (κ3) is 5.87. The Hall–Kier alpha value is -2.77. The molecule has 6 nitrogen and oxygen atoms in total. The molecule has 2 rings (SSSR count). The summed E-state index contributed by atoms with van der Waals surface area (Å²) in [5.41, 5.74) is 1.34. The maximum absolute atomic E-state index is 13.8. The summed E-state index contributed by atoms with van der Waals surface area (Å²) >= 11 is 0. The van der Waals surface area contributed by atoms with Crippen molar-refractivity contribution in [1.82, 2.24) is 10.6 Å². The molecule has 0 fully saturated rings. The molecule has 144 valence electrons. The van der Waals surface area contributed by atoms with Crippen molar-refractivity contribution in [1.29, 1.82) is 0 Å². The van der Waals surface area contributed by atoms with Gasteiger partial charge in [0.15, 0.2) is 0 Å². The molecule has 0 aliphatic heterocycles. The van der Waals surface area contributed by atoms with E-state index in [9.17, 15) is 14.0 Å². The molecule has 0 unspecified atom stereocenters. The van der Waals surface area contributed by atoms with Crippen LogP contribution >= 0.6 is 0 Å². The van der Waals surface area contributed by atoms with Crippen LogP contribution in [-0.2, 0) is 4.74 Å². The van der Waals surface area contributed by atoms with Crippen LogP contribution in [0.15, 0.2) is 42.5 Å². The number of methoxy groups -OCH3 is 1. The van der Waals surface area contributed by atoms with Crippen molar-refractivity contribution in [2.75, 3.05) is 38.7 Å². The lowest BCUT2D eigenvalue weighted by atomic mass is 10.1. The van der Waals surface area contributed by atoms with E-state index < -0.39 is 11.7 Å². The van der Waals surface area contributed by atoms with Crippen molar-refractivity contribution >= 4 is 17.5 Å². The number of carbonyl (C=O) groups excluding carboxylic acids is 2. The van der Waals surface area contributed by atoms with Gasteiger partial charge in [0.2, 0.25) is 0 Å². The quantitative estimate of drug-likeness (QED) is 0.590. The predicted octanol–water partition coefficient (Wildman–Crippen LogP) is 2.35. The summed E-state index contributed by atoms with van der Waals surface area (Å²) in [6, 6.07) is 10.8. The zero-order valence-corrected chi connectivity index (χ0v) is 15.5. The second-order valence-electron chi connectivity index (χ2n) is 5.93. The Bertz CT molecular complexity index is 796. The minimum atomic E-state index is -0.614. The topological polar surface area (TPSA) is 79.5 Å². The zero-order chi connectivity index (χ0) is 19.6. The van der Waals surface area contributed by atoms with Crippen molar-refractivity contribution in [2.24, 2.45) is 0 Å². The molecule has 0 aromatic heterocycles. The van der Waals surface area contributed by atoms with Gasteiger partial charge in [-0.3, -0.25) is 9.59 Å². The highest BCUT2D eigenvalue weighted by Crippen LogP contribution is 2.22. The van der Waals surface area contributed by atoms with Crippen molar-refractivity contribution in [3.63, 3.8) is 0 Å². The van der Waals surface area contributed by atoms with Gasteiger partial charge >= 0.3 is 0 Å². The Balaban J connectivity index is 2.06. The molecule has 2 aromatic carbocycles. The molecular weight excluding hydrogens is 349 g/mol. The number of rotatable bonds is 9. The fourth-order valence-electron chi connectivity index (χ4n) is 2.51. The normalized spacial score (nSPS) is 10.5. The first kappa shape index (κ1) is 20.5. The highest BCUT2D eigenvalue weighted by molar-refractivity contribution is 6.09. The van der Waals surface area contributed by atoms with Crippen LogP contribution < -0.4 is 16.0 Å². The third-order valence-corrected chi connectivity index (χ3v) is 3.94. The molecule has 0 saturated heterocycles. The number of aryl methyl sites for hydroxylation is 1. The molecule has 0 radical (unpaired) electrons. The minimum Gasteiger partial charge on any atom is -0.383 e. The summed E-state index contributed by atoms with van der Waals surface area (Å²) in [6.45, 7) is 4.09. The Morgan fingerprint density at radius 3 is 2.44 bits per heavy atom. The molecule has 3 N–H and O–H groups in total. The first-order valence-corrected chi connectivity index (χ1v) is 8.68. The van der Waals surface area contributed by atoms with Gasteiger partial charge in [-0.25, -0.2) is 4.39 Å². The van der Waals surface area contributed by atoms with Gasteiger partial charge in [0.1, 0.15) is 5.82 Å². The van der Waals surface area contributed by atoms with Crippen LogP contribution in [0.1, 0.15) is 26.3 Å². The summed E-state index contributed by atoms with van der Waals surface area (Å²) in [7, 11) is 1.62. The fraction of sp³-hybridized carbons (Fsp3) is 0.300. The number of ether oxygens (including phenoxy) is 1. The van der Waals surface area contributed by atoms with Crippen molar-refractivity contribution in [3.05, 3.63) is 65.0 Å². The van der Waals surface area contributed by atoms with Gasteiger partial charge in [-0.2, -0.15) is 0 Å². The second kappa shape index (κ2) is 10.4. The number of anilines is 1. The number of nitrogens with one attached hydrogen (secondary N) is 3. The van der Waals surface area contributed by atoms with Gasteiger partial charge in [-0.05, 0) is 30.7 Å². The average molecular weight is 373 g/mol. The van der Waals surface area contributed by atoms with Crippen LogP contribution in [0.25, 0.3) is 0 Å². The zero-order valence-electron chi connectivity index (χ0n) is 15.5. The maximum atomic E-state index is 13.8. The fourth-order valence-corrected chi connectivity index (χ4v) is 2.51. The lowest BCUT2D eigenvalue weighted by Gasteiger charge is -2.14. The summed E-state index contributed by atoms with van der Waals surface area (Å²) in [6.07, 6.45) is 0. The van der Waals surface area contributed by atoms with Crippen LogP contribution in [-0.4, -0.2) is 45.2 Å². The van der Waals surface area contributed by atoms with Crippen molar-refractivity contribution in [3.8, 4) is 0 Å². The number of hydrogen-bond acceptors (Lipinski definition) is 4. The number of benzene rings is 2. The van der Waals surface area contributed by atoms with Gasteiger partial charge in [-0.15, -0.1) is 0 Å². The van der Waals surface area contributed by atoms with E-state index in [0.717, 1.165) is 0 Å². The molecule has 0 spiro atoms.